The SMILES string of the molecule is CN=C(NCc1cn2cc(Cl)ccc2n1)NCC1(C(=O)N(C)C)CCCC1. The highest BCUT2D eigenvalue weighted by molar-refractivity contribution is 6.30. The number of carbonyl (C=O) groups is 1. The lowest BCUT2D eigenvalue weighted by atomic mass is 9.84. The highest BCUT2D eigenvalue weighted by Gasteiger charge is 2.42. The fourth-order valence-electron chi connectivity index (χ4n) is 3.74. The predicted octanol–water partition coefficient (Wildman–Crippen LogP) is 2.30. The van der Waals surface area contributed by atoms with E-state index in [0.29, 0.717) is 24.1 Å². The summed E-state index contributed by atoms with van der Waals surface area (Å²) in [4.78, 5) is 23.2. The first kappa shape index (κ1) is 19.5. The van der Waals surface area contributed by atoms with Crippen LogP contribution in [0.4, 0.5) is 0 Å². The molecule has 2 aromatic heterocycles. The third-order valence-corrected chi connectivity index (χ3v) is 5.36. The molecule has 1 amide bonds. The van der Waals surface area contributed by atoms with Crippen LogP contribution in [-0.4, -0.2) is 53.8 Å². The molecule has 2 heterocycles. The molecule has 0 atom stereocenters. The quantitative estimate of drug-likeness (QED) is 0.607. The highest BCUT2D eigenvalue weighted by atomic mass is 35.5. The van der Waals surface area contributed by atoms with Gasteiger partial charge >= 0.3 is 0 Å². The Morgan fingerprint density at radius 2 is 2.04 bits per heavy atom. The van der Waals surface area contributed by atoms with Crippen LogP contribution in [0.15, 0.2) is 29.5 Å². The van der Waals surface area contributed by atoms with Crippen molar-refractivity contribution in [2.24, 2.45) is 10.4 Å². The molecule has 0 unspecified atom stereocenters. The van der Waals surface area contributed by atoms with E-state index in [0.717, 1.165) is 37.0 Å². The minimum absolute atomic E-state index is 0.195. The number of hydrogen-bond acceptors (Lipinski definition) is 3. The summed E-state index contributed by atoms with van der Waals surface area (Å²) in [7, 11) is 5.38. The number of hydrogen-bond donors (Lipinski definition) is 2. The van der Waals surface area contributed by atoms with Crippen LogP contribution < -0.4 is 10.6 Å². The Morgan fingerprint density at radius 1 is 1.30 bits per heavy atom. The second kappa shape index (κ2) is 8.17. The van der Waals surface area contributed by atoms with E-state index in [1.54, 1.807) is 11.9 Å². The van der Waals surface area contributed by atoms with Gasteiger partial charge in [-0.1, -0.05) is 24.4 Å². The first-order chi connectivity index (χ1) is 12.9. The van der Waals surface area contributed by atoms with Crippen molar-refractivity contribution in [2.75, 3.05) is 27.7 Å². The van der Waals surface area contributed by atoms with Gasteiger partial charge < -0.3 is 19.9 Å². The van der Waals surface area contributed by atoms with Gasteiger partial charge in [-0.05, 0) is 25.0 Å². The molecule has 1 fully saturated rings. The Hall–Kier alpha value is -2.28. The van der Waals surface area contributed by atoms with Gasteiger partial charge in [-0.3, -0.25) is 9.79 Å². The normalized spacial score (nSPS) is 16.5. The van der Waals surface area contributed by atoms with E-state index >= 15 is 0 Å². The fraction of sp³-hybridized carbons (Fsp3) is 0.526. The van der Waals surface area contributed by atoms with E-state index in [2.05, 4.69) is 20.6 Å². The number of imidazole rings is 1. The Bertz CT molecular complexity index is 838. The molecule has 0 aliphatic heterocycles. The number of nitrogens with one attached hydrogen (secondary N) is 2. The van der Waals surface area contributed by atoms with Crippen LogP contribution >= 0.6 is 11.6 Å². The third kappa shape index (κ3) is 4.35. The Balaban J connectivity index is 1.61. The maximum Gasteiger partial charge on any atom is 0.230 e. The van der Waals surface area contributed by atoms with Gasteiger partial charge in [-0.25, -0.2) is 4.98 Å². The maximum absolute atomic E-state index is 12.7. The van der Waals surface area contributed by atoms with Crippen molar-refractivity contribution in [1.82, 2.24) is 24.9 Å². The summed E-state index contributed by atoms with van der Waals surface area (Å²) in [5, 5.41) is 7.28. The largest absolute Gasteiger partial charge is 0.355 e. The molecule has 0 radical (unpaired) electrons. The lowest BCUT2D eigenvalue weighted by Crippen LogP contribution is -2.49. The summed E-state index contributed by atoms with van der Waals surface area (Å²) in [6, 6.07) is 3.71. The summed E-state index contributed by atoms with van der Waals surface area (Å²) in [5.41, 5.74) is 1.40. The number of nitrogens with zero attached hydrogens (tertiary/aromatic N) is 4. The molecule has 1 aliphatic carbocycles. The number of carbonyl (C=O) groups excluding carboxylic acids is 1. The van der Waals surface area contributed by atoms with E-state index in [1.165, 1.54) is 0 Å². The Labute approximate surface area is 164 Å². The van der Waals surface area contributed by atoms with Crippen LogP contribution in [0.1, 0.15) is 31.4 Å². The van der Waals surface area contributed by atoms with Crippen LogP contribution in [0.5, 0.6) is 0 Å². The van der Waals surface area contributed by atoms with Crippen LogP contribution in [0, 0.1) is 5.41 Å². The monoisotopic (exact) mass is 390 g/mol. The van der Waals surface area contributed by atoms with Gasteiger partial charge in [-0.15, -0.1) is 0 Å². The average molecular weight is 391 g/mol. The van der Waals surface area contributed by atoms with Crippen LogP contribution in [0.25, 0.3) is 5.65 Å². The number of amides is 1. The summed E-state index contributed by atoms with van der Waals surface area (Å²) >= 11 is 6.02. The Morgan fingerprint density at radius 3 is 2.70 bits per heavy atom. The molecule has 0 bridgehead atoms. The minimum Gasteiger partial charge on any atom is -0.355 e. The number of aromatic nitrogens is 2. The molecular formula is C19H27ClN6O. The maximum atomic E-state index is 12.7. The highest BCUT2D eigenvalue weighted by Crippen LogP contribution is 2.38. The van der Waals surface area contributed by atoms with Crippen molar-refractivity contribution >= 4 is 29.1 Å². The Kier molecular flexibility index (Phi) is 5.89. The van der Waals surface area contributed by atoms with Gasteiger partial charge in [0.2, 0.25) is 5.91 Å². The summed E-state index contributed by atoms with van der Waals surface area (Å²) < 4.78 is 1.90. The van der Waals surface area contributed by atoms with E-state index < -0.39 is 0 Å². The van der Waals surface area contributed by atoms with Crippen molar-refractivity contribution in [3.63, 3.8) is 0 Å². The lowest BCUT2D eigenvalue weighted by molar-refractivity contribution is -0.138. The fourth-order valence-corrected chi connectivity index (χ4v) is 3.91. The van der Waals surface area contributed by atoms with E-state index in [9.17, 15) is 4.79 Å². The zero-order valence-corrected chi connectivity index (χ0v) is 16.9. The van der Waals surface area contributed by atoms with Crippen molar-refractivity contribution in [3.05, 3.63) is 35.2 Å². The number of rotatable bonds is 5. The molecule has 2 aromatic rings. The smallest absolute Gasteiger partial charge is 0.230 e. The molecule has 7 nitrogen and oxygen atoms in total. The topological polar surface area (TPSA) is 74.0 Å². The minimum atomic E-state index is -0.332. The van der Waals surface area contributed by atoms with Gasteiger partial charge in [0.15, 0.2) is 5.96 Å². The van der Waals surface area contributed by atoms with Crippen LogP contribution in [0.3, 0.4) is 0 Å². The van der Waals surface area contributed by atoms with Crippen molar-refractivity contribution < 1.29 is 4.79 Å². The zero-order valence-electron chi connectivity index (χ0n) is 16.1. The first-order valence-corrected chi connectivity index (χ1v) is 9.61. The van der Waals surface area contributed by atoms with E-state index in [-0.39, 0.29) is 11.3 Å². The standard InChI is InChI=1S/C19H27ClN6O/c1-21-18(23-13-19(8-4-5-9-19)17(27)25(2)3)22-10-15-12-26-11-14(20)6-7-16(26)24-15/h6-7,11-12H,4-5,8-10,13H2,1-3H3,(H2,21,22,23). The zero-order chi connectivity index (χ0) is 19.4. The molecule has 2 N–H and O–H groups in total. The number of halogens is 1. The van der Waals surface area contributed by atoms with Gasteiger partial charge in [0.05, 0.1) is 22.7 Å². The van der Waals surface area contributed by atoms with Crippen molar-refractivity contribution in [1.29, 1.82) is 0 Å². The lowest BCUT2D eigenvalue weighted by Gasteiger charge is -2.31. The van der Waals surface area contributed by atoms with Crippen LogP contribution in [-0.2, 0) is 11.3 Å². The second-order valence-corrected chi connectivity index (χ2v) is 7.75. The van der Waals surface area contributed by atoms with Crippen molar-refractivity contribution in [2.45, 2.75) is 32.2 Å². The van der Waals surface area contributed by atoms with Gasteiger partial charge in [0.25, 0.3) is 0 Å². The van der Waals surface area contributed by atoms with Gasteiger partial charge in [0, 0.05) is 40.1 Å². The van der Waals surface area contributed by atoms with Gasteiger partial charge in [0.1, 0.15) is 5.65 Å². The van der Waals surface area contributed by atoms with Gasteiger partial charge in [-0.2, -0.15) is 0 Å². The first-order valence-electron chi connectivity index (χ1n) is 9.23. The molecule has 146 valence electrons. The van der Waals surface area contributed by atoms with E-state index in [1.807, 2.05) is 43.0 Å². The molecule has 3 rings (SSSR count). The summed E-state index contributed by atoms with van der Waals surface area (Å²) in [6.07, 6.45) is 7.79. The number of aliphatic imine (C=N–C) groups is 1. The number of pyridine rings is 1. The number of fused-ring (bicyclic) bond motifs is 1. The van der Waals surface area contributed by atoms with E-state index in [4.69, 9.17) is 11.6 Å². The molecule has 0 spiro atoms. The summed E-state index contributed by atoms with van der Waals surface area (Å²) in [6.45, 7) is 1.12. The molecule has 1 saturated carbocycles. The molecule has 0 saturated heterocycles. The average Bonchev–Trinajstić information content (AvgIpc) is 3.28. The molecular weight excluding hydrogens is 364 g/mol. The molecule has 27 heavy (non-hydrogen) atoms. The molecule has 0 aromatic carbocycles. The summed E-state index contributed by atoms with van der Waals surface area (Å²) in [5.74, 6) is 0.864. The second-order valence-electron chi connectivity index (χ2n) is 7.31. The molecule has 8 heteroatoms. The van der Waals surface area contributed by atoms with Crippen molar-refractivity contribution in [3.8, 4) is 0 Å². The molecule has 1 aliphatic rings. The predicted molar refractivity (Wildman–Crippen MR) is 108 cm³/mol. The third-order valence-electron chi connectivity index (χ3n) is 5.14. The number of guanidine groups is 1. The van der Waals surface area contributed by atoms with Crippen LogP contribution in [0.2, 0.25) is 5.02 Å².